The molecule has 0 aliphatic carbocycles. The zero-order valence-corrected chi connectivity index (χ0v) is 41.9. The van der Waals surface area contributed by atoms with Crippen LogP contribution in [0.2, 0.25) is 0 Å². The first kappa shape index (κ1) is 43.8. The lowest BCUT2D eigenvalue weighted by Crippen LogP contribution is -2.16. The van der Waals surface area contributed by atoms with Crippen LogP contribution >= 0.6 is 0 Å². The van der Waals surface area contributed by atoms with Crippen LogP contribution in [0.5, 0.6) is 0 Å². The minimum Gasteiger partial charge on any atom is -0.248 e. The van der Waals surface area contributed by atoms with Crippen molar-refractivity contribution in [3.8, 4) is 78.0 Å². The van der Waals surface area contributed by atoms with E-state index in [-0.39, 0.29) is 0 Å². The zero-order valence-electron chi connectivity index (χ0n) is 41.9. The minimum atomic E-state index is 0.535. The van der Waals surface area contributed by atoms with Crippen molar-refractivity contribution >= 4 is 56.7 Å². The second-order valence-corrected chi connectivity index (χ2v) is 20.0. The van der Waals surface area contributed by atoms with Gasteiger partial charge >= 0.3 is 0 Å². The molecule has 0 unspecified atom stereocenters. The van der Waals surface area contributed by atoms with E-state index in [4.69, 9.17) is 29.9 Å². The number of fused-ring (bicyclic) bond motifs is 11. The Kier molecular flexibility index (Phi) is 9.84. The maximum atomic E-state index is 5.84. The van der Waals surface area contributed by atoms with Crippen molar-refractivity contribution in [3.63, 3.8) is 0 Å². The van der Waals surface area contributed by atoms with Gasteiger partial charge in [0.2, 0.25) is 0 Å². The molecule has 12 aromatic rings. The van der Waals surface area contributed by atoms with Crippen LogP contribution in [0.1, 0.15) is 17.0 Å². The number of hydrogen-bond acceptors (Lipinski definition) is 6. The molecule has 0 fully saturated rings. The molecule has 4 aliphatic heterocycles. The molecule has 6 heteroatoms. The summed E-state index contributed by atoms with van der Waals surface area (Å²) in [5.41, 5.74) is 23.5. The first-order chi connectivity index (χ1) is 38.7. The Hall–Kier alpha value is -10.6. The first-order valence-corrected chi connectivity index (χ1v) is 26.4. The summed E-state index contributed by atoms with van der Waals surface area (Å²) in [6, 6.07) is 87.7. The largest absolute Gasteiger partial charge is 0.248 e. The highest BCUT2D eigenvalue weighted by Crippen LogP contribution is 2.50. The third kappa shape index (κ3) is 6.83. The lowest BCUT2D eigenvalue weighted by Gasteiger charge is -2.24. The molecule has 0 radical (unpaired) electrons. The zero-order chi connectivity index (χ0) is 51.3. The molecule has 16 rings (SSSR count). The molecule has 4 aliphatic rings. The molecule has 0 atom stereocenters. The first-order valence-electron chi connectivity index (χ1n) is 26.4. The van der Waals surface area contributed by atoms with Gasteiger partial charge in [-0.2, -0.15) is 0 Å². The maximum Gasteiger partial charge on any atom is 0.180 e. The van der Waals surface area contributed by atoms with Crippen molar-refractivity contribution in [2.45, 2.75) is 0 Å². The van der Waals surface area contributed by atoms with E-state index < -0.39 is 0 Å². The van der Waals surface area contributed by atoms with Gasteiger partial charge in [0.25, 0.3) is 0 Å². The van der Waals surface area contributed by atoms with Gasteiger partial charge in [-0.3, -0.25) is 0 Å². The predicted octanol–water partition coefficient (Wildman–Crippen LogP) is 15.1. The molecule has 5 heterocycles. The van der Waals surface area contributed by atoms with Gasteiger partial charge in [0.15, 0.2) is 5.82 Å². The Morgan fingerprint density at radius 1 is 0.308 bits per heavy atom. The van der Waals surface area contributed by atoms with Gasteiger partial charge in [0.05, 0.1) is 50.4 Å². The van der Waals surface area contributed by atoms with E-state index in [0.717, 1.165) is 155 Å². The predicted molar refractivity (Wildman–Crippen MR) is 317 cm³/mol. The van der Waals surface area contributed by atoms with Crippen molar-refractivity contribution in [2.24, 2.45) is 20.0 Å². The smallest absolute Gasteiger partial charge is 0.180 e. The Bertz CT molecular complexity index is 4860. The molecule has 0 bridgehead atoms. The molecule has 0 saturated carbocycles. The summed E-state index contributed by atoms with van der Waals surface area (Å²) < 4.78 is 0. The molecule has 78 heavy (non-hydrogen) atoms. The monoisotopic (exact) mass is 990 g/mol. The van der Waals surface area contributed by atoms with Gasteiger partial charge in [-0.1, -0.05) is 212 Å². The van der Waals surface area contributed by atoms with Crippen molar-refractivity contribution in [1.82, 2.24) is 9.97 Å². The summed E-state index contributed by atoms with van der Waals surface area (Å²) in [5.74, 6) is 0.535. The molecule has 0 amide bonds. The lowest BCUT2D eigenvalue weighted by molar-refractivity contribution is 1.19. The Morgan fingerprint density at radius 2 is 0.833 bits per heavy atom. The third-order valence-corrected chi connectivity index (χ3v) is 15.6. The van der Waals surface area contributed by atoms with Gasteiger partial charge in [-0.05, 0) is 87.0 Å². The lowest BCUT2D eigenvalue weighted by atomic mass is 9.80. The normalized spacial score (nSPS) is 13.1. The highest BCUT2D eigenvalue weighted by atomic mass is 15.0. The molecule has 11 aromatic carbocycles. The second-order valence-electron chi connectivity index (χ2n) is 20.0. The molecule has 0 saturated heterocycles. The average molecular weight is 991 g/mol. The van der Waals surface area contributed by atoms with Gasteiger partial charge in [-0.25, -0.2) is 29.9 Å². The van der Waals surface area contributed by atoms with E-state index in [2.05, 4.69) is 243 Å². The molecular weight excluding hydrogens is 949 g/mol. The van der Waals surface area contributed by atoms with Gasteiger partial charge < -0.3 is 0 Å². The van der Waals surface area contributed by atoms with Crippen LogP contribution < -0.4 is 21.2 Å². The molecule has 360 valence electrons. The molecule has 1 aromatic heterocycles. The second kappa shape index (κ2) is 17.5. The Balaban J connectivity index is 1.04. The van der Waals surface area contributed by atoms with Crippen LogP contribution in [0, 0.1) is 0 Å². The fourth-order valence-electron chi connectivity index (χ4n) is 12.2. The quantitative estimate of drug-likeness (QED) is 0.152. The molecule has 0 N–H and O–H groups in total. The van der Waals surface area contributed by atoms with Crippen LogP contribution in [-0.2, 0) is 0 Å². The van der Waals surface area contributed by atoms with Crippen LogP contribution in [0.4, 0.5) is 22.7 Å². The number of nitrogens with zero attached hydrogens (tertiary/aromatic N) is 6. The number of para-hydroxylation sites is 2. The van der Waals surface area contributed by atoms with Gasteiger partial charge in [-0.15, -0.1) is 0 Å². The van der Waals surface area contributed by atoms with Crippen LogP contribution in [-0.4, -0.2) is 21.4 Å². The van der Waals surface area contributed by atoms with Gasteiger partial charge in [0.1, 0.15) is 5.71 Å². The van der Waals surface area contributed by atoms with Crippen LogP contribution in [0.25, 0.3) is 101 Å². The van der Waals surface area contributed by atoms with E-state index in [1.807, 2.05) is 12.1 Å². The van der Waals surface area contributed by atoms with Crippen molar-refractivity contribution in [3.05, 3.63) is 287 Å². The summed E-state index contributed by atoms with van der Waals surface area (Å²) >= 11 is 0. The fourth-order valence-corrected chi connectivity index (χ4v) is 12.2. The van der Waals surface area contributed by atoms with Gasteiger partial charge in [0, 0.05) is 60.3 Å². The van der Waals surface area contributed by atoms with Crippen molar-refractivity contribution < 1.29 is 0 Å². The summed E-state index contributed by atoms with van der Waals surface area (Å²) in [6.45, 7) is 0. The topological polar surface area (TPSA) is 75.2 Å². The summed E-state index contributed by atoms with van der Waals surface area (Å²) in [4.78, 5) is 33.1. The summed E-state index contributed by atoms with van der Waals surface area (Å²) in [6.07, 6.45) is 2.26. The SMILES string of the molecule is C1=c2ccc3c(c2N=C1c1c(-c2ccccc2)cccc1-c1c(-c2ccccc2)c(-c2ccccc2)cc2nc(C4=Nc5c6c(ccc5=C4c4ccccc4)=Nc4ccccc4-6)nc(-c4ccccc4)c12)-c1ccccc1N=3. The van der Waals surface area contributed by atoms with Crippen molar-refractivity contribution in [1.29, 1.82) is 0 Å². The number of aromatic nitrogens is 2. The average Bonchev–Trinajstić information content (AvgIpc) is 4.46. The highest BCUT2D eigenvalue weighted by molar-refractivity contribution is 6.34. The summed E-state index contributed by atoms with van der Waals surface area (Å²) in [5, 5.41) is 4.85. The third-order valence-electron chi connectivity index (χ3n) is 15.6. The van der Waals surface area contributed by atoms with Crippen molar-refractivity contribution in [2.75, 3.05) is 0 Å². The van der Waals surface area contributed by atoms with E-state index in [1.54, 1.807) is 0 Å². The number of rotatable bonds is 8. The maximum absolute atomic E-state index is 5.84. The van der Waals surface area contributed by atoms with E-state index in [1.165, 1.54) is 0 Å². The minimum absolute atomic E-state index is 0.535. The van der Waals surface area contributed by atoms with E-state index in [0.29, 0.717) is 11.5 Å². The van der Waals surface area contributed by atoms with E-state index >= 15 is 0 Å². The number of benzene rings is 11. The van der Waals surface area contributed by atoms with E-state index in [9.17, 15) is 0 Å². The molecule has 6 nitrogen and oxygen atoms in total. The Morgan fingerprint density at radius 3 is 1.49 bits per heavy atom. The fraction of sp³-hybridized carbons (Fsp3) is 0. The van der Waals surface area contributed by atoms with Crippen LogP contribution in [0.15, 0.2) is 269 Å². The molecular formula is C72H42N6. The summed E-state index contributed by atoms with van der Waals surface area (Å²) in [7, 11) is 0. The van der Waals surface area contributed by atoms with Crippen LogP contribution in [0.3, 0.4) is 0 Å². The highest BCUT2D eigenvalue weighted by Gasteiger charge is 2.32. The number of hydrogen-bond donors (Lipinski definition) is 0. The Labute approximate surface area is 449 Å². The standard InChI is InChI=1S/C72H42N6/c1-6-21-43(22-7-1)49-33-20-34-52(63(49)59-41-48-37-39-57-64(69(48)75-59)50-31-16-18-35-55(50)73-57)66-61(45-25-10-3-11-26-45)54(44-23-8-2-9-24-44)42-60-67(66)68(47-29-14-5-15-30-47)78-72(76-60)71-62(46-27-12-4-13-28-46)53-38-40-58-65(70(53)77-71)51-32-17-19-36-56(51)74-58/h1-42H. The molecule has 0 spiro atoms. The number of aliphatic imine (C=N–C) groups is 2.